The van der Waals surface area contributed by atoms with Gasteiger partial charge in [-0.1, -0.05) is 12.1 Å². The lowest BCUT2D eigenvalue weighted by molar-refractivity contribution is 0.0996. The van der Waals surface area contributed by atoms with Crippen molar-refractivity contribution in [2.45, 2.75) is 6.92 Å². The Bertz CT molecular complexity index is 593. The van der Waals surface area contributed by atoms with E-state index in [1.54, 1.807) is 30.3 Å². The van der Waals surface area contributed by atoms with Crippen LogP contribution in [0.5, 0.6) is 0 Å². The molecule has 0 radical (unpaired) electrons. The predicted molar refractivity (Wildman–Crippen MR) is 62.6 cm³/mol. The van der Waals surface area contributed by atoms with E-state index in [1.807, 2.05) is 13.0 Å². The molecule has 1 heterocycles. The molecule has 0 spiro atoms. The zero-order chi connectivity index (χ0) is 12.3. The Balaban J connectivity index is 2.22. The van der Waals surface area contributed by atoms with Gasteiger partial charge in [0.15, 0.2) is 5.76 Å². The molecule has 17 heavy (non-hydrogen) atoms. The lowest BCUT2D eigenvalue weighted by atomic mass is 10.2. The maximum absolute atomic E-state index is 11.8. The highest BCUT2D eigenvalue weighted by Gasteiger charge is 2.11. The highest BCUT2D eigenvalue weighted by atomic mass is 16.3. The Morgan fingerprint density at radius 1 is 1.41 bits per heavy atom. The third-order valence-electron chi connectivity index (χ3n) is 2.25. The second-order valence-electron chi connectivity index (χ2n) is 3.60. The second-order valence-corrected chi connectivity index (χ2v) is 3.60. The quantitative estimate of drug-likeness (QED) is 0.856. The first-order valence-corrected chi connectivity index (χ1v) is 5.06. The van der Waals surface area contributed by atoms with Gasteiger partial charge in [0.1, 0.15) is 6.07 Å². The number of rotatable bonds is 2. The van der Waals surface area contributed by atoms with E-state index in [0.29, 0.717) is 11.3 Å². The molecule has 2 aromatic rings. The molecule has 4 nitrogen and oxygen atoms in total. The van der Waals surface area contributed by atoms with Gasteiger partial charge in [0.25, 0.3) is 5.91 Å². The van der Waals surface area contributed by atoms with E-state index in [4.69, 9.17) is 9.68 Å². The van der Waals surface area contributed by atoms with Crippen LogP contribution in [0.1, 0.15) is 21.7 Å². The van der Waals surface area contributed by atoms with Gasteiger partial charge in [0.05, 0.1) is 17.5 Å². The summed E-state index contributed by atoms with van der Waals surface area (Å²) in [6.45, 7) is 1.84. The Labute approximate surface area is 98.5 Å². The Kier molecular flexibility index (Phi) is 2.93. The number of furan rings is 1. The molecule has 1 N–H and O–H groups in total. The molecule has 84 valence electrons. The summed E-state index contributed by atoms with van der Waals surface area (Å²) in [5.74, 6) is -0.129. The number of aryl methyl sites for hydroxylation is 1. The topological polar surface area (TPSA) is 66.0 Å². The van der Waals surface area contributed by atoms with Crippen molar-refractivity contribution in [3.8, 4) is 6.07 Å². The largest absolute Gasteiger partial charge is 0.459 e. The minimum absolute atomic E-state index is 0.232. The minimum Gasteiger partial charge on any atom is -0.459 e. The second kappa shape index (κ2) is 4.54. The molecule has 0 bridgehead atoms. The van der Waals surface area contributed by atoms with Crippen LogP contribution >= 0.6 is 0 Å². The molecular formula is C13H10N2O2. The van der Waals surface area contributed by atoms with Crippen LogP contribution in [0.2, 0.25) is 0 Å². The van der Waals surface area contributed by atoms with Crippen LogP contribution in [0, 0.1) is 18.3 Å². The first-order chi connectivity index (χ1) is 8.20. The lowest BCUT2D eigenvalue weighted by Gasteiger charge is -2.04. The normalized spacial score (nSPS) is 9.65. The van der Waals surface area contributed by atoms with Gasteiger partial charge in [-0.25, -0.2) is 0 Å². The number of hydrogen-bond acceptors (Lipinski definition) is 3. The van der Waals surface area contributed by atoms with Crippen LogP contribution < -0.4 is 5.32 Å². The summed E-state index contributed by atoms with van der Waals surface area (Å²) >= 11 is 0. The smallest absolute Gasteiger partial charge is 0.291 e. The number of carbonyl (C=O) groups is 1. The van der Waals surface area contributed by atoms with Crippen molar-refractivity contribution in [3.63, 3.8) is 0 Å². The fourth-order valence-corrected chi connectivity index (χ4v) is 1.42. The molecular weight excluding hydrogens is 216 g/mol. The van der Waals surface area contributed by atoms with E-state index in [9.17, 15) is 4.79 Å². The molecule has 0 saturated heterocycles. The average Bonchev–Trinajstić information content (AvgIpc) is 2.77. The van der Waals surface area contributed by atoms with Gasteiger partial charge < -0.3 is 9.73 Å². The fraction of sp³-hybridized carbons (Fsp3) is 0.0769. The van der Waals surface area contributed by atoms with Crippen molar-refractivity contribution < 1.29 is 9.21 Å². The lowest BCUT2D eigenvalue weighted by Crippen LogP contribution is -2.11. The van der Waals surface area contributed by atoms with Gasteiger partial charge in [-0.15, -0.1) is 0 Å². The number of carbonyl (C=O) groups excluding carboxylic acids is 1. The first kappa shape index (κ1) is 11.0. The Morgan fingerprint density at radius 3 is 2.82 bits per heavy atom. The number of hydrogen-bond donors (Lipinski definition) is 1. The van der Waals surface area contributed by atoms with Crippen LogP contribution in [0.25, 0.3) is 0 Å². The van der Waals surface area contributed by atoms with Crippen molar-refractivity contribution in [2.75, 3.05) is 5.32 Å². The zero-order valence-corrected chi connectivity index (χ0v) is 9.23. The van der Waals surface area contributed by atoms with E-state index >= 15 is 0 Å². The third kappa shape index (κ3) is 2.34. The summed E-state index contributed by atoms with van der Waals surface area (Å²) in [4.78, 5) is 11.8. The predicted octanol–water partition coefficient (Wildman–Crippen LogP) is 2.71. The summed E-state index contributed by atoms with van der Waals surface area (Å²) in [6.07, 6.45) is 1.51. The molecule has 1 aromatic heterocycles. The average molecular weight is 226 g/mol. The summed E-state index contributed by atoms with van der Waals surface area (Å²) in [6, 6.07) is 10.5. The molecule has 0 atom stereocenters. The molecule has 0 unspecified atom stereocenters. The number of nitrogens with one attached hydrogen (secondary N) is 1. The number of nitriles is 1. The van der Waals surface area contributed by atoms with Crippen LogP contribution in [-0.4, -0.2) is 5.91 Å². The molecule has 0 aliphatic rings. The molecule has 1 amide bonds. The SMILES string of the molecule is Cc1coc(C(=O)Nc2ccccc2C#N)c1. The molecule has 0 aliphatic heterocycles. The van der Waals surface area contributed by atoms with Gasteiger partial charge in [0.2, 0.25) is 0 Å². The molecule has 1 aromatic carbocycles. The number of nitrogens with zero attached hydrogens (tertiary/aromatic N) is 1. The highest BCUT2D eigenvalue weighted by molar-refractivity contribution is 6.03. The molecule has 4 heteroatoms. The standard InChI is InChI=1S/C13H10N2O2/c1-9-6-12(17-8-9)13(16)15-11-5-3-2-4-10(11)7-14/h2-6,8H,1H3,(H,15,16). The Hall–Kier alpha value is -2.54. The van der Waals surface area contributed by atoms with Crippen molar-refractivity contribution in [2.24, 2.45) is 0 Å². The van der Waals surface area contributed by atoms with E-state index in [1.165, 1.54) is 6.26 Å². The first-order valence-electron chi connectivity index (χ1n) is 5.06. The zero-order valence-electron chi connectivity index (χ0n) is 9.23. The highest BCUT2D eigenvalue weighted by Crippen LogP contribution is 2.15. The van der Waals surface area contributed by atoms with Gasteiger partial charge in [-0.3, -0.25) is 4.79 Å². The van der Waals surface area contributed by atoms with E-state index < -0.39 is 0 Å². The molecule has 2 rings (SSSR count). The number of amides is 1. The van der Waals surface area contributed by atoms with Crippen LogP contribution in [0.4, 0.5) is 5.69 Å². The minimum atomic E-state index is -0.360. The van der Waals surface area contributed by atoms with Crippen LogP contribution in [0.3, 0.4) is 0 Å². The van der Waals surface area contributed by atoms with Crippen molar-refractivity contribution in [1.29, 1.82) is 5.26 Å². The maximum atomic E-state index is 11.8. The number of benzene rings is 1. The van der Waals surface area contributed by atoms with Crippen molar-refractivity contribution in [1.82, 2.24) is 0 Å². The monoisotopic (exact) mass is 226 g/mol. The summed E-state index contributed by atoms with van der Waals surface area (Å²) in [5, 5.41) is 11.5. The van der Waals surface area contributed by atoms with Gasteiger partial charge in [0, 0.05) is 0 Å². The van der Waals surface area contributed by atoms with Crippen LogP contribution in [0.15, 0.2) is 41.0 Å². The maximum Gasteiger partial charge on any atom is 0.291 e. The third-order valence-corrected chi connectivity index (χ3v) is 2.25. The molecule has 0 saturated carbocycles. The summed E-state index contributed by atoms with van der Waals surface area (Å²) in [7, 11) is 0. The van der Waals surface area contributed by atoms with E-state index in [2.05, 4.69) is 5.32 Å². The number of para-hydroxylation sites is 1. The van der Waals surface area contributed by atoms with Crippen molar-refractivity contribution in [3.05, 3.63) is 53.5 Å². The van der Waals surface area contributed by atoms with Gasteiger partial charge in [-0.05, 0) is 30.7 Å². The van der Waals surface area contributed by atoms with Gasteiger partial charge in [-0.2, -0.15) is 5.26 Å². The van der Waals surface area contributed by atoms with Crippen LogP contribution in [-0.2, 0) is 0 Å². The molecule has 0 fully saturated rings. The van der Waals surface area contributed by atoms with E-state index in [0.717, 1.165) is 5.56 Å². The fourth-order valence-electron chi connectivity index (χ4n) is 1.42. The summed E-state index contributed by atoms with van der Waals surface area (Å²) in [5.41, 5.74) is 1.78. The van der Waals surface area contributed by atoms with E-state index in [-0.39, 0.29) is 11.7 Å². The summed E-state index contributed by atoms with van der Waals surface area (Å²) < 4.78 is 5.08. The van der Waals surface area contributed by atoms with Gasteiger partial charge >= 0.3 is 0 Å². The molecule has 0 aliphatic carbocycles. The number of anilines is 1. The van der Waals surface area contributed by atoms with Crippen molar-refractivity contribution >= 4 is 11.6 Å². The Morgan fingerprint density at radius 2 is 2.18 bits per heavy atom.